The van der Waals surface area contributed by atoms with Crippen molar-refractivity contribution in [1.82, 2.24) is 25.3 Å². The van der Waals surface area contributed by atoms with Crippen LogP contribution in [-0.4, -0.2) is 75.2 Å². The zero-order chi connectivity index (χ0) is 16.6. The summed E-state index contributed by atoms with van der Waals surface area (Å²) in [5.41, 5.74) is 1.79. The van der Waals surface area contributed by atoms with Gasteiger partial charge in [0.1, 0.15) is 6.54 Å². The number of carbonyl (C=O) groups excluding carboxylic acids is 3. The first kappa shape index (κ1) is 15.5. The average Bonchev–Trinajstić information content (AvgIpc) is 3.16. The number of imide groups is 1. The fourth-order valence-corrected chi connectivity index (χ4v) is 2.96. The maximum atomic E-state index is 12.3. The number of carbonyl (C=O) groups is 3. The molecule has 0 saturated carbocycles. The van der Waals surface area contributed by atoms with E-state index in [-0.39, 0.29) is 31.5 Å². The summed E-state index contributed by atoms with van der Waals surface area (Å²) in [6.45, 7) is 2.13. The number of aliphatic hydroxyl groups is 1. The number of rotatable bonds is 4. The van der Waals surface area contributed by atoms with E-state index in [0.717, 1.165) is 16.3 Å². The molecule has 3 N–H and O–H groups in total. The molecule has 0 aliphatic carbocycles. The van der Waals surface area contributed by atoms with Crippen molar-refractivity contribution in [2.45, 2.75) is 19.4 Å². The van der Waals surface area contributed by atoms with Gasteiger partial charge in [-0.05, 0) is 19.4 Å². The van der Waals surface area contributed by atoms with Crippen LogP contribution in [0.5, 0.6) is 0 Å². The number of amides is 4. The van der Waals surface area contributed by atoms with Crippen LogP contribution in [0.4, 0.5) is 4.79 Å². The number of nitrogens with one attached hydrogen (secondary N) is 2. The number of aryl methyl sites for hydroxylation is 1. The van der Waals surface area contributed by atoms with E-state index in [1.165, 1.54) is 4.90 Å². The minimum atomic E-state index is -0.640. The summed E-state index contributed by atoms with van der Waals surface area (Å²) in [4.78, 5) is 37.6. The van der Waals surface area contributed by atoms with E-state index in [0.29, 0.717) is 13.0 Å². The highest BCUT2D eigenvalue weighted by Gasteiger charge is 2.37. The van der Waals surface area contributed by atoms with Gasteiger partial charge in [0, 0.05) is 24.7 Å². The molecular weight excluding hydrogens is 302 g/mol. The molecule has 2 aliphatic heterocycles. The highest BCUT2D eigenvalue weighted by molar-refractivity contribution is 6.04. The van der Waals surface area contributed by atoms with E-state index >= 15 is 0 Å². The summed E-state index contributed by atoms with van der Waals surface area (Å²) < 4.78 is 0. The number of H-pyrrole nitrogens is 1. The van der Waals surface area contributed by atoms with E-state index in [4.69, 9.17) is 0 Å². The van der Waals surface area contributed by atoms with Gasteiger partial charge in [-0.15, -0.1) is 0 Å². The Bertz CT molecular complexity index is 627. The van der Waals surface area contributed by atoms with Crippen molar-refractivity contribution in [3.8, 4) is 0 Å². The molecule has 9 nitrogen and oxygen atoms in total. The molecule has 0 aromatic carbocycles. The molecule has 4 amide bonds. The molecule has 0 bridgehead atoms. The SMILES string of the molecule is Cc1cc(C[C@@H]2CN(C(=O)CN3C(=O)CNC3=O)C[C@@H]2O)n[nH]1. The van der Waals surface area contributed by atoms with Crippen molar-refractivity contribution in [1.29, 1.82) is 0 Å². The number of aromatic amines is 1. The maximum Gasteiger partial charge on any atom is 0.325 e. The Hall–Kier alpha value is -2.42. The number of hydrogen-bond donors (Lipinski definition) is 3. The Morgan fingerprint density at radius 1 is 1.43 bits per heavy atom. The number of likely N-dealkylation sites (tertiary alicyclic amines) is 1. The van der Waals surface area contributed by atoms with Crippen LogP contribution in [0.15, 0.2) is 6.07 Å². The molecule has 2 aliphatic rings. The number of urea groups is 1. The topological polar surface area (TPSA) is 119 Å². The van der Waals surface area contributed by atoms with Gasteiger partial charge in [0.25, 0.3) is 5.91 Å². The van der Waals surface area contributed by atoms with Crippen molar-refractivity contribution in [2.24, 2.45) is 5.92 Å². The normalized spacial score (nSPS) is 24.4. The molecule has 2 saturated heterocycles. The Kier molecular flexibility index (Phi) is 4.03. The van der Waals surface area contributed by atoms with Crippen molar-refractivity contribution < 1.29 is 19.5 Å². The number of hydrogen-bond acceptors (Lipinski definition) is 5. The quantitative estimate of drug-likeness (QED) is 0.591. The number of nitrogens with zero attached hydrogens (tertiary/aromatic N) is 3. The largest absolute Gasteiger partial charge is 0.391 e. The lowest BCUT2D eigenvalue weighted by Gasteiger charge is -2.19. The van der Waals surface area contributed by atoms with Crippen LogP contribution >= 0.6 is 0 Å². The Balaban J connectivity index is 1.58. The van der Waals surface area contributed by atoms with Crippen LogP contribution in [-0.2, 0) is 16.0 Å². The maximum absolute atomic E-state index is 12.3. The van der Waals surface area contributed by atoms with Crippen molar-refractivity contribution in [3.63, 3.8) is 0 Å². The first-order chi connectivity index (χ1) is 10.9. The molecule has 124 valence electrons. The molecule has 0 unspecified atom stereocenters. The molecular formula is C14H19N5O4. The third-order valence-electron chi connectivity index (χ3n) is 4.22. The Morgan fingerprint density at radius 2 is 2.22 bits per heavy atom. The number of aromatic nitrogens is 2. The van der Waals surface area contributed by atoms with Gasteiger partial charge in [-0.3, -0.25) is 19.6 Å². The zero-order valence-electron chi connectivity index (χ0n) is 12.8. The smallest absolute Gasteiger partial charge is 0.325 e. The van der Waals surface area contributed by atoms with Crippen LogP contribution in [0, 0.1) is 12.8 Å². The fraction of sp³-hybridized carbons (Fsp3) is 0.571. The van der Waals surface area contributed by atoms with Crippen LogP contribution in [0.2, 0.25) is 0 Å². The number of aliphatic hydroxyl groups excluding tert-OH is 1. The van der Waals surface area contributed by atoms with Crippen LogP contribution in [0.3, 0.4) is 0 Å². The predicted molar refractivity (Wildman–Crippen MR) is 78.2 cm³/mol. The van der Waals surface area contributed by atoms with Gasteiger partial charge < -0.3 is 15.3 Å². The van der Waals surface area contributed by atoms with Gasteiger partial charge in [0.15, 0.2) is 0 Å². The summed E-state index contributed by atoms with van der Waals surface area (Å²) >= 11 is 0. The lowest BCUT2D eigenvalue weighted by atomic mass is 10.0. The summed E-state index contributed by atoms with van der Waals surface area (Å²) in [5.74, 6) is -0.855. The highest BCUT2D eigenvalue weighted by Crippen LogP contribution is 2.21. The van der Waals surface area contributed by atoms with Gasteiger partial charge >= 0.3 is 6.03 Å². The second-order valence-electron chi connectivity index (χ2n) is 6.01. The van der Waals surface area contributed by atoms with Crippen LogP contribution < -0.4 is 5.32 Å². The average molecular weight is 321 g/mol. The Labute approximate surface area is 132 Å². The third kappa shape index (κ3) is 3.19. The predicted octanol–water partition coefficient (Wildman–Crippen LogP) is -1.37. The minimum Gasteiger partial charge on any atom is -0.391 e. The fourth-order valence-electron chi connectivity index (χ4n) is 2.96. The van der Waals surface area contributed by atoms with Gasteiger partial charge in [0.05, 0.1) is 18.3 Å². The molecule has 0 spiro atoms. The second-order valence-corrected chi connectivity index (χ2v) is 6.01. The molecule has 23 heavy (non-hydrogen) atoms. The summed E-state index contributed by atoms with van der Waals surface area (Å²) in [6.07, 6.45) is -0.0719. The lowest BCUT2D eigenvalue weighted by molar-refractivity contribution is -0.136. The third-order valence-corrected chi connectivity index (χ3v) is 4.22. The molecule has 1 aromatic rings. The zero-order valence-corrected chi connectivity index (χ0v) is 12.8. The minimum absolute atomic E-state index is 0.0735. The van der Waals surface area contributed by atoms with Crippen molar-refractivity contribution >= 4 is 17.8 Å². The summed E-state index contributed by atoms with van der Waals surface area (Å²) in [7, 11) is 0. The monoisotopic (exact) mass is 321 g/mol. The van der Waals surface area contributed by atoms with E-state index in [1.807, 2.05) is 13.0 Å². The first-order valence-electron chi connectivity index (χ1n) is 7.49. The number of β-amino-alcohol motifs (C(OH)–C–C–N with tert-alkyl or cyclic N) is 1. The van der Waals surface area contributed by atoms with Gasteiger partial charge in [-0.25, -0.2) is 4.79 Å². The van der Waals surface area contributed by atoms with Gasteiger partial charge in [0.2, 0.25) is 5.91 Å². The molecule has 1 aromatic heterocycles. The standard InChI is InChI=1S/C14H19N5O4/c1-8-2-10(17-16-8)3-9-5-18(6-11(9)20)13(22)7-19-12(21)4-15-14(19)23/h2,9,11,20H,3-7H2,1H3,(H,15,23)(H,16,17)/t9-,11+/m1/s1. The second kappa shape index (κ2) is 5.99. The van der Waals surface area contributed by atoms with E-state index in [1.54, 1.807) is 0 Å². The highest BCUT2D eigenvalue weighted by atomic mass is 16.3. The van der Waals surface area contributed by atoms with Gasteiger partial charge in [-0.1, -0.05) is 0 Å². The van der Waals surface area contributed by atoms with Crippen molar-refractivity contribution in [3.05, 3.63) is 17.5 Å². The Morgan fingerprint density at radius 3 is 2.83 bits per heavy atom. The first-order valence-corrected chi connectivity index (χ1v) is 7.49. The van der Waals surface area contributed by atoms with E-state index in [2.05, 4.69) is 15.5 Å². The van der Waals surface area contributed by atoms with Gasteiger partial charge in [-0.2, -0.15) is 5.10 Å². The van der Waals surface area contributed by atoms with E-state index in [9.17, 15) is 19.5 Å². The van der Waals surface area contributed by atoms with Crippen molar-refractivity contribution in [2.75, 3.05) is 26.2 Å². The summed E-state index contributed by atoms with van der Waals surface area (Å²) in [5, 5.41) is 19.5. The molecule has 0 radical (unpaired) electrons. The summed E-state index contributed by atoms with van der Waals surface area (Å²) in [6, 6.07) is 1.36. The van der Waals surface area contributed by atoms with Crippen LogP contribution in [0.1, 0.15) is 11.4 Å². The van der Waals surface area contributed by atoms with Crippen LogP contribution in [0.25, 0.3) is 0 Å². The molecule has 3 heterocycles. The van der Waals surface area contributed by atoms with E-state index < -0.39 is 18.0 Å². The lowest BCUT2D eigenvalue weighted by Crippen LogP contribution is -2.42. The molecule has 9 heteroatoms. The molecule has 3 rings (SSSR count). The molecule has 2 atom stereocenters. The molecule has 2 fully saturated rings.